The Hall–Kier alpha value is -3.32. The van der Waals surface area contributed by atoms with Crippen molar-refractivity contribution >= 4 is 39.3 Å². The van der Waals surface area contributed by atoms with E-state index in [1.165, 1.54) is 12.1 Å². The molecule has 136 valence electrons. The second kappa shape index (κ2) is 7.92. The molecule has 3 aromatic rings. The number of phenolic OH excluding ortho intramolecular Hbond substituents is 1. The number of carbonyl (C=O) groups is 2. The zero-order valence-electron chi connectivity index (χ0n) is 13.9. The average molecular weight is 427 g/mol. The van der Waals surface area contributed by atoms with Gasteiger partial charge in [-0.3, -0.25) is 0 Å². The van der Waals surface area contributed by atoms with Gasteiger partial charge >= 0.3 is 12.0 Å². The molecule has 6 nitrogen and oxygen atoms in total. The van der Waals surface area contributed by atoms with Crippen LogP contribution >= 0.6 is 15.9 Å². The Morgan fingerprint density at radius 1 is 0.815 bits per heavy atom. The molecule has 0 aromatic heterocycles. The predicted octanol–water partition coefficient (Wildman–Crippen LogP) is 5.16. The summed E-state index contributed by atoms with van der Waals surface area (Å²) < 4.78 is 0.733. The molecule has 7 heteroatoms. The lowest BCUT2D eigenvalue weighted by atomic mass is 10.0. The molecule has 0 unspecified atom stereocenters. The van der Waals surface area contributed by atoms with E-state index in [2.05, 4.69) is 26.6 Å². The standard InChI is InChI=1S/C20H15BrN2O4/c21-15-5-1-2-6-16(15)22-20(27)23-17-7-3-4-14(18(17)24)12-8-10-13(11-9-12)19(25)26/h1-11,24H,(H,25,26)(H2,22,23,27). The number of carbonyl (C=O) groups excluding carboxylic acids is 1. The highest BCUT2D eigenvalue weighted by Crippen LogP contribution is 2.35. The molecule has 0 bridgehead atoms. The van der Waals surface area contributed by atoms with Crippen LogP contribution in [0.2, 0.25) is 0 Å². The van der Waals surface area contributed by atoms with Gasteiger partial charge in [0.25, 0.3) is 0 Å². The van der Waals surface area contributed by atoms with Gasteiger partial charge in [-0.25, -0.2) is 9.59 Å². The number of aromatic hydroxyl groups is 1. The van der Waals surface area contributed by atoms with Crippen LogP contribution in [0.3, 0.4) is 0 Å². The molecule has 0 saturated carbocycles. The second-order valence-corrected chi connectivity index (χ2v) is 6.50. The molecule has 3 aromatic carbocycles. The minimum absolute atomic E-state index is 0.108. The van der Waals surface area contributed by atoms with E-state index >= 15 is 0 Å². The average Bonchev–Trinajstić information content (AvgIpc) is 2.65. The lowest BCUT2D eigenvalue weighted by molar-refractivity contribution is 0.0697. The van der Waals surface area contributed by atoms with E-state index in [0.29, 0.717) is 16.8 Å². The van der Waals surface area contributed by atoms with Crippen molar-refractivity contribution in [3.63, 3.8) is 0 Å². The van der Waals surface area contributed by atoms with E-state index in [9.17, 15) is 14.7 Å². The maximum Gasteiger partial charge on any atom is 0.335 e. The third kappa shape index (κ3) is 4.27. The Balaban J connectivity index is 1.81. The number of amides is 2. The molecule has 0 aliphatic rings. The fraction of sp³-hybridized carbons (Fsp3) is 0. The van der Waals surface area contributed by atoms with Crippen molar-refractivity contribution in [1.82, 2.24) is 0 Å². The summed E-state index contributed by atoms with van der Waals surface area (Å²) in [7, 11) is 0. The fourth-order valence-corrected chi connectivity index (χ4v) is 2.89. The number of rotatable bonds is 4. The monoisotopic (exact) mass is 426 g/mol. The van der Waals surface area contributed by atoms with E-state index in [4.69, 9.17) is 5.11 Å². The number of halogens is 1. The van der Waals surface area contributed by atoms with Crippen LogP contribution < -0.4 is 10.6 Å². The van der Waals surface area contributed by atoms with Gasteiger partial charge in [-0.1, -0.05) is 36.4 Å². The Bertz CT molecular complexity index is 1000. The van der Waals surface area contributed by atoms with Crippen molar-refractivity contribution in [1.29, 1.82) is 0 Å². The predicted molar refractivity (Wildman–Crippen MR) is 107 cm³/mol. The number of nitrogens with one attached hydrogen (secondary N) is 2. The second-order valence-electron chi connectivity index (χ2n) is 5.64. The Labute approximate surface area is 163 Å². The lowest BCUT2D eigenvalue weighted by Crippen LogP contribution is -2.19. The first-order chi connectivity index (χ1) is 13.0. The van der Waals surface area contributed by atoms with Gasteiger partial charge in [-0.05, 0) is 51.8 Å². The summed E-state index contributed by atoms with van der Waals surface area (Å²) in [5.74, 6) is -1.13. The van der Waals surface area contributed by atoms with Crippen molar-refractivity contribution in [2.45, 2.75) is 0 Å². The molecule has 27 heavy (non-hydrogen) atoms. The van der Waals surface area contributed by atoms with Crippen LogP contribution in [0.4, 0.5) is 16.2 Å². The summed E-state index contributed by atoms with van der Waals surface area (Å²) in [4.78, 5) is 23.2. The summed E-state index contributed by atoms with van der Waals surface area (Å²) in [6, 6.07) is 17.7. The van der Waals surface area contributed by atoms with Crippen molar-refractivity contribution in [2.75, 3.05) is 10.6 Å². The Kier molecular flexibility index (Phi) is 5.42. The molecule has 0 atom stereocenters. The first kappa shape index (κ1) is 18.5. The van der Waals surface area contributed by atoms with Gasteiger partial charge in [0, 0.05) is 10.0 Å². The van der Waals surface area contributed by atoms with E-state index < -0.39 is 12.0 Å². The van der Waals surface area contributed by atoms with E-state index in [1.807, 2.05) is 6.07 Å². The molecular weight excluding hydrogens is 412 g/mol. The highest BCUT2D eigenvalue weighted by molar-refractivity contribution is 9.10. The topological polar surface area (TPSA) is 98.7 Å². The highest BCUT2D eigenvalue weighted by atomic mass is 79.9. The van der Waals surface area contributed by atoms with Crippen LogP contribution in [0.5, 0.6) is 5.75 Å². The number of para-hydroxylation sites is 2. The highest BCUT2D eigenvalue weighted by Gasteiger charge is 2.13. The Morgan fingerprint density at radius 2 is 1.44 bits per heavy atom. The summed E-state index contributed by atoms with van der Waals surface area (Å²) in [5, 5.41) is 24.8. The SMILES string of the molecule is O=C(Nc1ccccc1Br)Nc1cccc(-c2ccc(C(=O)O)cc2)c1O. The number of hydrogen-bond donors (Lipinski definition) is 4. The number of urea groups is 1. The quantitative estimate of drug-likeness (QED) is 0.432. The third-order valence-corrected chi connectivity index (χ3v) is 4.54. The zero-order chi connectivity index (χ0) is 19.4. The molecule has 0 heterocycles. The summed E-state index contributed by atoms with van der Waals surface area (Å²) in [5.41, 5.74) is 2.09. The fourth-order valence-electron chi connectivity index (χ4n) is 2.51. The minimum Gasteiger partial charge on any atom is -0.505 e. The van der Waals surface area contributed by atoms with Crippen molar-refractivity contribution in [2.24, 2.45) is 0 Å². The van der Waals surface area contributed by atoms with Gasteiger partial charge in [0.15, 0.2) is 0 Å². The van der Waals surface area contributed by atoms with E-state index in [0.717, 1.165) is 4.47 Å². The molecule has 0 aliphatic carbocycles. The van der Waals surface area contributed by atoms with Crippen LogP contribution in [-0.4, -0.2) is 22.2 Å². The van der Waals surface area contributed by atoms with E-state index in [-0.39, 0.29) is 17.0 Å². The number of anilines is 2. The van der Waals surface area contributed by atoms with Gasteiger partial charge in [-0.15, -0.1) is 0 Å². The van der Waals surface area contributed by atoms with Crippen molar-refractivity contribution < 1.29 is 19.8 Å². The summed E-state index contributed by atoms with van der Waals surface area (Å²) in [6.07, 6.45) is 0. The van der Waals surface area contributed by atoms with Gasteiger partial charge in [0.1, 0.15) is 5.75 Å². The van der Waals surface area contributed by atoms with Crippen LogP contribution in [0, 0.1) is 0 Å². The van der Waals surface area contributed by atoms with Crippen molar-refractivity contribution in [3.8, 4) is 16.9 Å². The third-order valence-electron chi connectivity index (χ3n) is 3.85. The Morgan fingerprint density at radius 3 is 2.11 bits per heavy atom. The van der Waals surface area contributed by atoms with Crippen molar-refractivity contribution in [3.05, 3.63) is 76.8 Å². The summed E-state index contributed by atoms with van der Waals surface area (Å²) in [6.45, 7) is 0. The number of carboxylic acids is 1. The van der Waals surface area contributed by atoms with Crippen LogP contribution in [-0.2, 0) is 0 Å². The lowest BCUT2D eigenvalue weighted by Gasteiger charge is -2.13. The molecule has 0 aliphatic heterocycles. The van der Waals surface area contributed by atoms with Gasteiger partial charge in [-0.2, -0.15) is 0 Å². The number of benzene rings is 3. The summed E-state index contributed by atoms with van der Waals surface area (Å²) >= 11 is 3.35. The largest absolute Gasteiger partial charge is 0.505 e. The number of hydrogen-bond acceptors (Lipinski definition) is 3. The van der Waals surface area contributed by atoms with Gasteiger partial charge in [0.2, 0.25) is 0 Å². The molecule has 4 N–H and O–H groups in total. The van der Waals surface area contributed by atoms with Gasteiger partial charge in [0.05, 0.1) is 16.9 Å². The smallest absolute Gasteiger partial charge is 0.335 e. The molecule has 0 spiro atoms. The first-order valence-electron chi connectivity index (χ1n) is 7.94. The van der Waals surface area contributed by atoms with Gasteiger partial charge < -0.3 is 20.8 Å². The molecule has 0 fully saturated rings. The van der Waals surface area contributed by atoms with E-state index in [1.54, 1.807) is 48.5 Å². The maximum absolute atomic E-state index is 12.2. The number of carboxylic acid groups (broad SMARTS) is 1. The molecule has 3 rings (SSSR count). The normalized spacial score (nSPS) is 10.3. The maximum atomic E-state index is 12.2. The number of aromatic carboxylic acids is 1. The minimum atomic E-state index is -1.02. The first-order valence-corrected chi connectivity index (χ1v) is 8.73. The van der Waals surface area contributed by atoms with Crippen LogP contribution in [0.1, 0.15) is 10.4 Å². The zero-order valence-corrected chi connectivity index (χ0v) is 15.5. The molecular formula is C20H15BrN2O4. The molecule has 0 saturated heterocycles. The molecule has 0 radical (unpaired) electrons. The number of phenols is 1. The van der Waals surface area contributed by atoms with Crippen LogP contribution in [0.15, 0.2) is 71.2 Å². The molecule has 2 amide bonds. The van der Waals surface area contributed by atoms with Crippen LogP contribution in [0.25, 0.3) is 11.1 Å².